The van der Waals surface area contributed by atoms with Crippen LogP contribution in [-0.4, -0.2) is 49.7 Å². The number of carbonyl (C=O) groups is 3. The van der Waals surface area contributed by atoms with E-state index in [0.29, 0.717) is 22.2 Å². The average molecular weight is 657 g/mol. The van der Waals surface area contributed by atoms with Crippen LogP contribution in [0.2, 0.25) is 10.0 Å². The van der Waals surface area contributed by atoms with Crippen molar-refractivity contribution in [2.24, 2.45) is 5.10 Å². The number of rotatable bonds is 12. The van der Waals surface area contributed by atoms with Crippen LogP contribution in [0.4, 0.5) is 5.69 Å². The number of benzene rings is 3. The lowest BCUT2D eigenvalue weighted by atomic mass is 10.1. The summed E-state index contributed by atoms with van der Waals surface area (Å²) >= 11 is 11.8. The smallest absolute Gasteiger partial charge is 0.313 e. The van der Waals surface area contributed by atoms with Gasteiger partial charge in [0.15, 0.2) is 0 Å². The van der Waals surface area contributed by atoms with E-state index in [1.807, 2.05) is 30.3 Å². The molecular formula is C30H27Cl2N5O6S. The van der Waals surface area contributed by atoms with Gasteiger partial charge in [-0.1, -0.05) is 71.7 Å². The summed E-state index contributed by atoms with van der Waals surface area (Å²) in [4.78, 5) is 37.1. The van der Waals surface area contributed by atoms with E-state index in [2.05, 4.69) is 21.2 Å². The van der Waals surface area contributed by atoms with Crippen molar-refractivity contribution >= 4 is 62.8 Å². The minimum atomic E-state index is -3.95. The number of carbonyl (C=O) groups excluding carboxylic acids is 3. The Balaban J connectivity index is 1.30. The van der Waals surface area contributed by atoms with Crippen molar-refractivity contribution in [2.75, 3.05) is 18.4 Å². The van der Waals surface area contributed by atoms with Crippen molar-refractivity contribution < 1.29 is 27.2 Å². The van der Waals surface area contributed by atoms with Gasteiger partial charge in [0.1, 0.15) is 11.5 Å². The molecule has 0 aliphatic heterocycles. The molecule has 0 bridgehead atoms. The van der Waals surface area contributed by atoms with E-state index in [9.17, 15) is 22.8 Å². The van der Waals surface area contributed by atoms with Crippen LogP contribution in [-0.2, 0) is 37.4 Å². The Hall–Kier alpha value is -4.49. The van der Waals surface area contributed by atoms with Crippen LogP contribution in [0.1, 0.15) is 17.1 Å². The second-order valence-corrected chi connectivity index (χ2v) is 12.1. The summed E-state index contributed by atoms with van der Waals surface area (Å²) in [6.07, 6.45) is 1.63. The van der Waals surface area contributed by atoms with Crippen molar-refractivity contribution in [1.29, 1.82) is 0 Å². The predicted octanol–water partition coefficient (Wildman–Crippen LogP) is 4.23. The summed E-state index contributed by atoms with van der Waals surface area (Å²) in [5.74, 6) is -1.94. The molecule has 1 aromatic heterocycles. The Morgan fingerprint density at radius 3 is 2.20 bits per heavy atom. The first kappa shape index (κ1) is 32.4. The minimum absolute atomic E-state index is 0.0749. The molecule has 0 spiro atoms. The fourth-order valence-electron chi connectivity index (χ4n) is 3.91. The molecule has 0 atom stereocenters. The SMILES string of the molecule is O=C(CN(CCc1ccccc1)S(=O)(=O)c1ccccc1)N/N=C\c1ccc(CNC(=O)C(=O)Nc2cc(Cl)cc(Cl)c2)o1. The summed E-state index contributed by atoms with van der Waals surface area (Å²) in [6.45, 7) is -0.479. The molecule has 0 aliphatic carbocycles. The topological polar surface area (TPSA) is 150 Å². The van der Waals surface area contributed by atoms with Crippen molar-refractivity contribution in [3.05, 3.63) is 118 Å². The molecule has 44 heavy (non-hydrogen) atoms. The summed E-state index contributed by atoms with van der Waals surface area (Å²) in [5, 5.41) is 9.27. The molecule has 228 valence electrons. The van der Waals surface area contributed by atoms with Gasteiger partial charge in [0.2, 0.25) is 10.0 Å². The average Bonchev–Trinajstić information content (AvgIpc) is 3.46. The number of anilines is 1. The van der Waals surface area contributed by atoms with E-state index in [-0.39, 0.29) is 29.4 Å². The van der Waals surface area contributed by atoms with Crippen LogP contribution < -0.4 is 16.1 Å². The molecule has 0 aliphatic rings. The van der Waals surface area contributed by atoms with Gasteiger partial charge in [0.05, 0.1) is 24.2 Å². The molecule has 0 fully saturated rings. The number of halogens is 2. The molecular weight excluding hydrogens is 629 g/mol. The number of nitrogens with one attached hydrogen (secondary N) is 3. The maximum absolute atomic E-state index is 13.3. The highest BCUT2D eigenvalue weighted by atomic mass is 35.5. The van der Waals surface area contributed by atoms with Gasteiger partial charge in [0, 0.05) is 22.3 Å². The third kappa shape index (κ3) is 9.51. The normalized spacial score (nSPS) is 11.4. The van der Waals surface area contributed by atoms with Crippen molar-refractivity contribution in [3.8, 4) is 0 Å². The van der Waals surface area contributed by atoms with Gasteiger partial charge in [-0.3, -0.25) is 14.4 Å². The van der Waals surface area contributed by atoms with E-state index in [1.165, 1.54) is 42.6 Å². The highest BCUT2D eigenvalue weighted by Crippen LogP contribution is 2.22. The van der Waals surface area contributed by atoms with Gasteiger partial charge in [-0.2, -0.15) is 9.41 Å². The molecule has 0 unspecified atom stereocenters. The number of amides is 3. The van der Waals surface area contributed by atoms with Crippen molar-refractivity contribution in [3.63, 3.8) is 0 Å². The number of furan rings is 1. The zero-order chi connectivity index (χ0) is 31.5. The van der Waals surface area contributed by atoms with Crippen LogP contribution in [0.15, 0.2) is 105 Å². The highest BCUT2D eigenvalue weighted by Gasteiger charge is 2.26. The number of sulfonamides is 1. The Labute approximate surface area is 263 Å². The second kappa shape index (κ2) is 15.3. The molecule has 3 amide bonds. The third-order valence-corrected chi connectivity index (χ3v) is 8.30. The van der Waals surface area contributed by atoms with Gasteiger partial charge < -0.3 is 15.1 Å². The fraction of sp³-hybridized carbons (Fsp3) is 0.133. The van der Waals surface area contributed by atoms with Crippen molar-refractivity contribution in [1.82, 2.24) is 15.0 Å². The number of hydrogen-bond acceptors (Lipinski definition) is 7. The van der Waals surface area contributed by atoms with Gasteiger partial charge in [-0.05, 0) is 54.4 Å². The van der Waals surface area contributed by atoms with Crippen LogP contribution in [0.25, 0.3) is 0 Å². The molecule has 4 aromatic rings. The van der Waals surface area contributed by atoms with Gasteiger partial charge in [-0.25, -0.2) is 13.8 Å². The van der Waals surface area contributed by atoms with E-state index in [4.69, 9.17) is 27.6 Å². The van der Waals surface area contributed by atoms with Crippen LogP contribution >= 0.6 is 23.2 Å². The second-order valence-electron chi connectivity index (χ2n) is 9.28. The molecule has 11 nitrogen and oxygen atoms in total. The molecule has 0 saturated heterocycles. The standard InChI is InChI=1S/C30H27Cl2N5O6S/c31-22-15-23(32)17-24(16-22)35-30(40)29(39)33-18-25-11-12-26(43-25)19-34-36-28(38)20-37(14-13-21-7-3-1-4-8-21)44(41,42)27-9-5-2-6-10-27/h1-12,15-17,19H,13-14,18,20H2,(H,33,39)(H,35,40)(H,36,38)/b34-19-. The molecule has 3 N–H and O–H groups in total. The van der Waals surface area contributed by atoms with E-state index < -0.39 is 34.3 Å². The Morgan fingerprint density at radius 2 is 1.52 bits per heavy atom. The summed E-state index contributed by atoms with van der Waals surface area (Å²) < 4.78 is 33.2. The Kier molecular flexibility index (Phi) is 11.3. The fourth-order valence-corrected chi connectivity index (χ4v) is 5.85. The summed E-state index contributed by atoms with van der Waals surface area (Å²) in [7, 11) is -3.95. The quantitative estimate of drug-likeness (QED) is 0.118. The van der Waals surface area contributed by atoms with Crippen LogP contribution in [0.5, 0.6) is 0 Å². The first-order valence-corrected chi connectivity index (χ1v) is 15.3. The van der Waals surface area contributed by atoms with E-state index in [1.54, 1.807) is 24.3 Å². The monoisotopic (exact) mass is 655 g/mol. The highest BCUT2D eigenvalue weighted by molar-refractivity contribution is 7.89. The van der Waals surface area contributed by atoms with Gasteiger partial charge in [-0.15, -0.1) is 0 Å². The van der Waals surface area contributed by atoms with E-state index in [0.717, 1.165) is 9.87 Å². The minimum Gasteiger partial charge on any atom is -0.458 e. The summed E-state index contributed by atoms with van der Waals surface area (Å²) in [6, 6.07) is 24.7. The van der Waals surface area contributed by atoms with Gasteiger partial charge >= 0.3 is 11.8 Å². The molecule has 4 rings (SSSR count). The Bertz CT molecular complexity index is 1730. The lowest BCUT2D eigenvalue weighted by Crippen LogP contribution is -2.40. The maximum Gasteiger partial charge on any atom is 0.313 e. The lowest BCUT2D eigenvalue weighted by Gasteiger charge is -2.21. The number of hydrogen-bond donors (Lipinski definition) is 3. The first-order chi connectivity index (χ1) is 21.1. The molecule has 0 radical (unpaired) electrons. The first-order valence-electron chi connectivity index (χ1n) is 13.1. The largest absolute Gasteiger partial charge is 0.458 e. The molecule has 1 heterocycles. The summed E-state index contributed by atoms with van der Waals surface area (Å²) in [5.41, 5.74) is 3.50. The maximum atomic E-state index is 13.3. The van der Waals surface area contributed by atoms with Crippen LogP contribution in [0, 0.1) is 0 Å². The molecule has 3 aromatic carbocycles. The zero-order valence-corrected chi connectivity index (χ0v) is 25.4. The third-order valence-electron chi connectivity index (χ3n) is 6.01. The zero-order valence-electron chi connectivity index (χ0n) is 23.1. The van der Waals surface area contributed by atoms with Crippen molar-refractivity contribution in [2.45, 2.75) is 17.9 Å². The molecule has 0 saturated carbocycles. The Morgan fingerprint density at radius 1 is 0.864 bits per heavy atom. The van der Waals surface area contributed by atoms with Crippen LogP contribution in [0.3, 0.4) is 0 Å². The molecule has 14 heteroatoms. The number of nitrogens with zero attached hydrogens (tertiary/aromatic N) is 2. The van der Waals surface area contributed by atoms with E-state index >= 15 is 0 Å². The predicted molar refractivity (Wildman–Crippen MR) is 167 cm³/mol. The lowest BCUT2D eigenvalue weighted by molar-refractivity contribution is -0.136. The van der Waals surface area contributed by atoms with Gasteiger partial charge in [0.25, 0.3) is 5.91 Å². The number of hydrazone groups is 1.